The zero-order valence-electron chi connectivity index (χ0n) is 15.4. The minimum atomic E-state index is -0.566. The standard InChI is InChI=1S/C22H17ClN2O3/c1-13-8-9-16-11-17(20(23)24-18(16)10-13)12-27-22(26)19-14(2)28-21(25-19)15-6-4-3-5-7-15/h3-11H,12H2,1-2H3. The van der Waals surface area contributed by atoms with Crippen LogP contribution in [0.25, 0.3) is 22.4 Å². The topological polar surface area (TPSA) is 65.2 Å². The van der Waals surface area contributed by atoms with E-state index in [1.165, 1.54) is 0 Å². The molecule has 2 heterocycles. The van der Waals surface area contributed by atoms with Crippen LogP contribution in [0.4, 0.5) is 0 Å². The van der Waals surface area contributed by atoms with Crippen LogP contribution >= 0.6 is 11.6 Å². The van der Waals surface area contributed by atoms with Gasteiger partial charge in [0.05, 0.1) is 5.52 Å². The van der Waals surface area contributed by atoms with Crippen LogP contribution in [0.15, 0.2) is 59.0 Å². The first-order chi connectivity index (χ1) is 13.5. The highest BCUT2D eigenvalue weighted by molar-refractivity contribution is 6.30. The Kier molecular flexibility index (Phi) is 4.84. The molecule has 0 radical (unpaired) electrons. The molecule has 140 valence electrons. The number of rotatable bonds is 4. The Morgan fingerprint density at radius 2 is 1.86 bits per heavy atom. The average Bonchev–Trinajstić information content (AvgIpc) is 3.08. The quantitative estimate of drug-likeness (QED) is 0.338. The summed E-state index contributed by atoms with van der Waals surface area (Å²) in [6.45, 7) is 3.68. The molecule has 4 aromatic rings. The highest BCUT2D eigenvalue weighted by Crippen LogP contribution is 2.24. The summed E-state index contributed by atoms with van der Waals surface area (Å²) in [6, 6.07) is 17.2. The Morgan fingerprint density at radius 1 is 1.07 bits per heavy atom. The lowest BCUT2D eigenvalue weighted by Gasteiger charge is -2.07. The van der Waals surface area contributed by atoms with Gasteiger partial charge in [-0.25, -0.2) is 14.8 Å². The number of esters is 1. The zero-order chi connectivity index (χ0) is 19.7. The van der Waals surface area contributed by atoms with Gasteiger partial charge in [0.15, 0.2) is 5.69 Å². The van der Waals surface area contributed by atoms with Gasteiger partial charge in [0.25, 0.3) is 0 Å². The second-order valence-electron chi connectivity index (χ2n) is 6.50. The van der Waals surface area contributed by atoms with Crippen molar-refractivity contribution < 1.29 is 13.9 Å². The largest absolute Gasteiger partial charge is 0.456 e. The molecular formula is C22H17ClN2O3. The van der Waals surface area contributed by atoms with Crippen LogP contribution in [-0.2, 0) is 11.3 Å². The van der Waals surface area contributed by atoms with Crippen molar-refractivity contribution in [2.75, 3.05) is 0 Å². The average molecular weight is 393 g/mol. The van der Waals surface area contributed by atoms with Crippen molar-refractivity contribution in [3.63, 3.8) is 0 Å². The van der Waals surface area contributed by atoms with Gasteiger partial charge in [0.1, 0.15) is 17.5 Å². The maximum Gasteiger partial charge on any atom is 0.360 e. The van der Waals surface area contributed by atoms with Crippen LogP contribution in [0.5, 0.6) is 0 Å². The lowest BCUT2D eigenvalue weighted by molar-refractivity contribution is 0.0464. The Morgan fingerprint density at radius 3 is 2.64 bits per heavy atom. The van der Waals surface area contributed by atoms with E-state index >= 15 is 0 Å². The molecule has 0 atom stereocenters. The van der Waals surface area contributed by atoms with Crippen LogP contribution in [-0.4, -0.2) is 15.9 Å². The van der Waals surface area contributed by atoms with E-state index in [2.05, 4.69) is 9.97 Å². The highest BCUT2D eigenvalue weighted by atomic mass is 35.5. The first-order valence-electron chi connectivity index (χ1n) is 8.77. The molecule has 0 aliphatic carbocycles. The predicted molar refractivity (Wildman–Crippen MR) is 107 cm³/mol. The van der Waals surface area contributed by atoms with E-state index in [1.807, 2.05) is 61.5 Å². The van der Waals surface area contributed by atoms with Gasteiger partial charge >= 0.3 is 5.97 Å². The predicted octanol–water partition coefficient (Wildman–Crippen LogP) is 5.52. The summed E-state index contributed by atoms with van der Waals surface area (Å²) in [5.41, 5.74) is 3.49. The molecule has 4 rings (SSSR count). The summed E-state index contributed by atoms with van der Waals surface area (Å²) in [7, 11) is 0. The number of carbonyl (C=O) groups excluding carboxylic acids is 1. The van der Waals surface area contributed by atoms with Crippen LogP contribution in [0.1, 0.15) is 27.4 Å². The molecule has 5 nitrogen and oxygen atoms in total. The maximum absolute atomic E-state index is 12.5. The number of fused-ring (bicyclic) bond motifs is 1. The molecule has 0 fully saturated rings. The van der Waals surface area contributed by atoms with Gasteiger partial charge in [-0.05, 0) is 43.7 Å². The Balaban J connectivity index is 1.53. The van der Waals surface area contributed by atoms with Crippen LogP contribution < -0.4 is 0 Å². The first kappa shape index (κ1) is 18.2. The van der Waals surface area contributed by atoms with E-state index in [0.717, 1.165) is 22.0 Å². The molecule has 2 aromatic carbocycles. The highest BCUT2D eigenvalue weighted by Gasteiger charge is 2.20. The van der Waals surface area contributed by atoms with Crippen molar-refractivity contribution >= 4 is 28.5 Å². The third-order valence-electron chi connectivity index (χ3n) is 4.37. The Labute approximate surface area is 166 Å². The Bertz CT molecular complexity index is 1170. The smallest absolute Gasteiger partial charge is 0.360 e. The molecule has 2 aromatic heterocycles. The van der Waals surface area contributed by atoms with Crippen molar-refractivity contribution in [2.45, 2.75) is 20.5 Å². The van der Waals surface area contributed by atoms with Crippen molar-refractivity contribution in [3.8, 4) is 11.5 Å². The second kappa shape index (κ2) is 7.44. The second-order valence-corrected chi connectivity index (χ2v) is 6.86. The van der Waals surface area contributed by atoms with Crippen molar-refractivity contribution in [1.29, 1.82) is 0 Å². The van der Waals surface area contributed by atoms with Crippen molar-refractivity contribution in [1.82, 2.24) is 9.97 Å². The molecular weight excluding hydrogens is 376 g/mol. The molecule has 0 N–H and O–H groups in total. The summed E-state index contributed by atoms with van der Waals surface area (Å²) >= 11 is 6.26. The van der Waals surface area contributed by atoms with E-state index in [9.17, 15) is 4.79 Å². The van der Waals surface area contributed by atoms with Gasteiger partial charge in [0.2, 0.25) is 5.89 Å². The number of halogens is 1. The van der Waals surface area contributed by atoms with Crippen LogP contribution in [0.2, 0.25) is 5.15 Å². The number of aromatic nitrogens is 2. The molecule has 0 bridgehead atoms. The third kappa shape index (κ3) is 3.62. The summed E-state index contributed by atoms with van der Waals surface area (Å²) in [5, 5.41) is 1.25. The van der Waals surface area contributed by atoms with Gasteiger partial charge in [-0.1, -0.05) is 41.9 Å². The van der Waals surface area contributed by atoms with E-state index < -0.39 is 5.97 Å². The SMILES string of the molecule is Cc1ccc2cc(COC(=O)c3nc(-c4ccccc4)oc3C)c(Cl)nc2c1. The van der Waals surface area contributed by atoms with E-state index in [4.69, 9.17) is 20.8 Å². The molecule has 0 unspecified atom stereocenters. The monoisotopic (exact) mass is 392 g/mol. The van der Waals surface area contributed by atoms with Gasteiger partial charge in [-0.2, -0.15) is 0 Å². The summed E-state index contributed by atoms with van der Waals surface area (Å²) < 4.78 is 11.0. The number of hydrogen-bond acceptors (Lipinski definition) is 5. The molecule has 0 amide bonds. The zero-order valence-corrected chi connectivity index (χ0v) is 16.2. The number of oxazole rings is 1. The number of benzene rings is 2. The van der Waals surface area contributed by atoms with Gasteiger partial charge < -0.3 is 9.15 Å². The van der Waals surface area contributed by atoms with Crippen molar-refractivity contribution in [2.24, 2.45) is 0 Å². The molecule has 28 heavy (non-hydrogen) atoms. The fourth-order valence-electron chi connectivity index (χ4n) is 2.90. The number of nitrogens with zero attached hydrogens (tertiary/aromatic N) is 2. The molecule has 0 spiro atoms. The fourth-order valence-corrected chi connectivity index (χ4v) is 3.10. The fraction of sp³-hybridized carbons (Fsp3) is 0.136. The molecule has 0 saturated carbocycles. The van der Waals surface area contributed by atoms with Gasteiger partial charge in [-0.3, -0.25) is 0 Å². The molecule has 0 saturated heterocycles. The summed E-state index contributed by atoms with van der Waals surface area (Å²) in [6.07, 6.45) is 0. The number of hydrogen-bond donors (Lipinski definition) is 0. The summed E-state index contributed by atoms with van der Waals surface area (Å²) in [5.74, 6) is 0.219. The van der Waals surface area contributed by atoms with E-state index in [-0.39, 0.29) is 12.3 Å². The lowest BCUT2D eigenvalue weighted by atomic mass is 10.1. The van der Waals surface area contributed by atoms with Crippen LogP contribution in [0, 0.1) is 13.8 Å². The van der Waals surface area contributed by atoms with Crippen molar-refractivity contribution in [3.05, 3.63) is 82.3 Å². The minimum absolute atomic E-state index is 0.00144. The van der Waals surface area contributed by atoms with Gasteiger partial charge in [0, 0.05) is 16.5 Å². The van der Waals surface area contributed by atoms with Gasteiger partial charge in [-0.15, -0.1) is 0 Å². The third-order valence-corrected chi connectivity index (χ3v) is 4.70. The number of aryl methyl sites for hydroxylation is 2. The number of pyridine rings is 1. The number of carbonyl (C=O) groups is 1. The Hall–Kier alpha value is -3.18. The minimum Gasteiger partial charge on any atom is -0.456 e. The lowest BCUT2D eigenvalue weighted by Crippen LogP contribution is -2.08. The molecule has 0 aliphatic rings. The normalized spacial score (nSPS) is 11.0. The van der Waals surface area contributed by atoms with E-state index in [1.54, 1.807) is 6.92 Å². The summed E-state index contributed by atoms with van der Waals surface area (Å²) in [4.78, 5) is 21.2. The van der Waals surface area contributed by atoms with Crippen LogP contribution in [0.3, 0.4) is 0 Å². The maximum atomic E-state index is 12.5. The molecule has 6 heteroatoms. The number of ether oxygens (including phenoxy) is 1. The molecule has 0 aliphatic heterocycles. The first-order valence-corrected chi connectivity index (χ1v) is 9.15. The van der Waals surface area contributed by atoms with E-state index in [0.29, 0.717) is 22.4 Å².